The van der Waals surface area contributed by atoms with Crippen LogP contribution in [0.2, 0.25) is 0 Å². The van der Waals surface area contributed by atoms with E-state index in [9.17, 15) is 4.79 Å². The summed E-state index contributed by atoms with van der Waals surface area (Å²) in [7, 11) is -1.55. The summed E-state index contributed by atoms with van der Waals surface area (Å²) in [5.41, 5.74) is 5.34. The number of anilines is 1. The molecule has 4 atom stereocenters. The molecule has 4 aromatic rings. The Morgan fingerprint density at radius 1 is 1.13 bits per heavy atom. The summed E-state index contributed by atoms with van der Waals surface area (Å²) in [5.74, 6) is 0.127. The maximum absolute atomic E-state index is 13.1. The zero-order valence-electron chi connectivity index (χ0n) is 27.9. The molecular weight excluding hydrogens is 617 g/mol. The lowest BCUT2D eigenvalue weighted by Gasteiger charge is -2.37. The maximum atomic E-state index is 13.1. The smallest absolute Gasteiger partial charge is 0.412 e. The Morgan fingerprint density at radius 3 is 2.49 bits per heavy atom. The average Bonchev–Trinajstić information content (AvgIpc) is 3.77. The molecule has 2 aliphatic rings. The second-order valence-corrected chi connectivity index (χ2v) is 13.5. The largest absolute Gasteiger partial charge is 0.448 e. The Bertz CT molecular complexity index is 1730. The van der Waals surface area contributed by atoms with Crippen molar-refractivity contribution in [1.82, 2.24) is 24.2 Å². The van der Waals surface area contributed by atoms with E-state index in [0.29, 0.717) is 17.6 Å². The Hall–Kier alpha value is -3.98. The molecule has 1 amide bonds. The van der Waals surface area contributed by atoms with Crippen LogP contribution in [0.1, 0.15) is 72.1 Å². The predicted octanol–water partition coefficient (Wildman–Crippen LogP) is 7.16. The van der Waals surface area contributed by atoms with Gasteiger partial charge in [0.2, 0.25) is 0 Å². The second kappa shape index (κ2) is 14.4. The first kappa shape index (κ1) is 31.6. The summed E-state index contributed by atoms with van der Waals surface area (Å²) < 4.78 is 36.8. The molecule has 1 N–H and O–H groups in total. The quantitative estimate of drug-likeness (QED) is 0.123. The molecular formula is C34H40N7O5P. The Balaban J connectivity index is 1.19. The van der Waals surface area contributed by atoms with Crippen molar-refractivity contribution in [3.8, 4) is 17.2 Å². The van der Waals surface area contributed by atoms with Crippen LogP contribution in [-0.4, -0.2) is 67.8 Å². The number of hydrogen-bond acceptors (Lipinski definition) is 10. The van der Waals surface area contributed by atoms with Crippen LogP contribution in [0.15, 0.2) is 61.2 Å². The Morgan fingerprint density at radius 2 is 1.83 bits per heavy atom. The van der Waals surface area contributed by atoms with Gasteiger partial charge >= 0.3 is 6.09 Å². The molecule has 3 heterocycles. The molecule has 1 aliphatic heterocycles. The first-order valence-electron chi connectivity index (χ1n) is 16.5. The third-order valence-corrected chi connectivity index (χ3v) is 10.4. The highest BCUT2D eigenvalue weighted by atomic mass is 31.2. The molecule has 12 nitrogen and oxygen atoms in total. The third-order valence-electron chi connectivity index (χ3n) is 8.23. The monoisotopic (exact) mass is 658 g/mol. The SMILES string of the molecule is [2H]C[C@@H]1C[C@H](OP(OCCC#N)N(C(C)C)C(C)C)[C@H](n2cnc3c(NC(=O)OCC4c5ccccc5-c5ccccc54)ncnc32)O1. The molecule has 6 rings (SSSR count). The van der Waals surface area contributed by atoms with E-state index in [-0.39, 0.29) is 56.5 Å². The molecule has 246 valence electrons. The van der Waals surface area contributed by atoms with Crippen LogP contribution in [0.25, 0.3) is 22.3 Å². The van der Waals surface area contributed by atoms with Gasteiger partial charge in [-0.1, -0.05) is 48.5 Å². The number of imidazole rings is 1. The van der Waals surface area contributed by atoms with Crippen LogP contribution in [0.4, 0.5) is 10.6 Å². The zero-order valence-corrected chi connectivity index (χ0v) is 27.8. The molecule has 1 aliphatic carbocycles. The molecule has 2 aromatic carbocycles. The first-order chi connectivity index (χ1) is 23.3. The fourth-order valence-electron chi connectivity index (χ4n) is 6.33. The summed E-state index contributed by atoms with van der Waals surface area (Å²) in [6.45, 7) is 8.76. The number of carbonyl (C=O) groups is 1. The highest BCUT2D eigenvalue weighted by Gasteiger charge is 2.41. The number of nitriles is 1. The van der Waals surface area contributed by atoms with Crippen molar-refractivity contribution >= 4 is 31.6 Å². The van der Waals surface area contributed by atoms with Gasteiger partial charge in [-0.05, 0) is 56.8 Å². The Labute approximate surface area is 277 Å². The fraction of sp³-hybridized carbons (Fsp3) is 0.441. The van der Waals surface area contributed by atoms with Crippen molar-refractivity contribution < 1.29 is 24.7 Å². The van der Waals surface area contributed by atoms with Crippen molar-refractivity contribution in [3.63, 3.8) is 0 Å². The maximum Gasteiger partial charge on any atom is 0.412 e. The van der Waals surface area contributed by atoms with Gasteiger partial charge in [0.15, 0.2) is 23.2 Å². The topological polar surface area (TPSA) is 137 Å². The lowest BCUT2D eigenvalue weighted by molar-refractivity contribution is -0.0265. The number of benzene rings is 2. The number of hydrogen-bond donors (Lipinski definition) is 1. The van der Waals surface area contributed by atoms with Crippen LogP contribution < -0.4 is 5.32 Å². The van der Waals surface area contributed by atoms with Crippen molar-refractivity contribution in [2.24, 2.45) is 0 Å². The van der Waals surface area contributed by atoms with Crippen LogP contribution in [0, 0.1) is 11.3 Å². The molecule has 1 unspecified atom stereocenters. The summed E-state index contributed by atoms with van der Waals surface area (Å²) in [6, 6.07) is 18.7. The highest BCUT2D eigenvalue weighted by molar-refractivity contribution is 7.44. The number of ether oxygens (including phenoxy) is 2. The van der Waals surface area contributed by atoms with Crippen LogP contribution in [-0.2, 0) is 18.5 Å². The minimum Gasteiger partial charge on any atom is -0.448 e. The van der Waals surface area contributed by atoms with Crippen LogP contribution in [0.5, 0.6) is 0 Å². The minimum absolute atomic E-state index is 0.0534. The lowest BCUT2D eigenvalue weighted by atomic mass is 9.98. The van der Waals surface area contributed by atoms with E-state index in [4.69, 9.17) is 25.2 Å². The summed E-state index contributed by atoms with van der Waals surface area (Å²) in [4.78, 5) is 26.4. The molecule has 0 radical (unpaired) electrons. The number of amides is 1. The van der Waals surface area contributed by atoms with Gasteiger partial charge in [0.05, 0.1) is 31.5 Å². The van der Waals surface area contributed by atoms with Crippen molar-refractivity contribution in [2.75, 3.05) is 18.5 Å². The molecule has 1 saturated heterocycles. The van der Waals surface area contributed by atoms with E-state index >= 15 is 0 Å². The minimum atomic E-state index is -1.55. The van der Waals surface area contributed by atoms with Gasteiger partial charge in [0.1, 0.15) is 19.0 Å². The number of carbonyl (C=O) groups excluding carboxylic acids is 1. The zero-order chi connectivity index (χ0) is 33.8. The summed E-state index contributed by atoms with van der Waals surface area (Å²) in [6.07, 6.45) is 1.47. The van der Waals surface area contributed by atoms with Gasteiger partial charge in [0, 0.05) is 25.8 Å². The van der Waals surface area contributed by atoms with Gasteiger partial charge < -0.3 is 18.5 Å². The number of aromatic nitrogens is 4. The molecule has 0 spiro atoms. The van der Waals surface area contributed by atoms with Gasteiger partial charge in [-0.3, -0.25) is 9.88 Å². The van der Waals surface area contributed by atoms with Crippen LogP contribution >= 0.6 is 8.53 Å². The number of fused-ring (bicyclic) bond motifs is 4. The number of nitrogens with one attached hydrogen (secondary N) is 1. The second-order valence-electron chi connectivity index (χ2n) is 12.1. The molecule has 13 heteroatoms. The van der Waals surface area contributed by atoms with Crippen molar-refractivity contribution in [2.45, 2.75) is 83.9 Å². The first-order valence-corrected chi connectivity index (χ1v) is 16.9. The molecule has 2 aromatic heterocycles. The van der Waals surface area contributed by atoms with E-state index in [1.165, 1.54) is 6.33 Å². The predicted molar refractivity (Wildman–Crippen MR) is 178 cm³/mol. The van der Waals surface area contributed by atoms with Crippen LogP contribution in [0.3, 0.4) is 0 Å². The summed E-state index contributed by atoms with van der Waals surface area (Å²) in [5, 5.41) is 11.9. The number of nitrogens with zero attached hydrogens (tertiary/aromatic N) is 6. The molecule has 0 saturated carbocycles. The molecule has 47 heavy (non-hydrogen) atoms. The van der Waals surface area contributed by atoms with Gasteiger partial charge in [-0.15, -0.1) is 0 Å². The van der Waals surface area contributed by atoms with E-state index in [2.05, 4.69) is 83.0 Å². The molecule has 0 bridgehead atoms. The lowest BCUT2D eigenvalue weighted by Crippen LogP contribution is -2.35. The summed E-state index contributed by atoms with van der Waals surface area (Å²) >= 11 is 0. The van der Waals surface area contributed by atoms with E-state index in [1.54, 1.807) is 10.9 Å². The third kappa shape index (κ3) is 6.86. The normalized spacial score (nSPS) is 20.0. The average molecular weight is 659 g/mol. The van der Waals surface area contributed by atoms with Gasteiger partial charge in [0.25, 0.3) is 8.53 Å². The molecule has 1 fully saturated rings. The van der Waals surface area contributed by atoms with E-state index < -0.39 is 27.0 Å². The standard InChI is InChI=1S/C34H40N7O5P/c1-21(2)41(22(3)4)47(44-16-10-15-35)46-29-17-23(5)45-33(29)40-20-38-30-31(36-19-37-32(30)40)39-34(42)43-18-28-26-13-8-6-11-24(26)25-12-7-9-14-27(25)28/h6-9,11-14,19-23,28-29,33H,10,16-18H2,1-5H3,(H,36,37,39,42)/t23-,29+,33-,47?/m1/s1/i5D. The fourth-order valence-corrected chi connectivity index (χ4v) is 8.05. The Kier molecular flexibility index (Phi) is 9.70. The van der Waals surface area contributed by atoms with E-state index in [0.717, 1.165) is 22.3 Å². The van der Waals surface area contributed by atoms with Crippen molar-refractivity contribution in [3.05, 3.63) is 72.3 Å². The van der Waals surface area contributed by atoms with Gasteiger partial charge in [-0.2, -0.15) is 5.26 Å². The van der Waals surface area contributed by atoms with Crippen molar-refractivity contribution in [1.29, 1.82) is 5.26 Å². The van der Waals surface area contributed by atoms with E-state index in [1.807, 2.05) is 24.3 Å². The highest BCUT2D eigenvalue weighted by Crippen LogP contribution is 2.51. The van der Waals surface area contributed by atoms with Gasteiger partial charge in [-0.25, -0.2) is 24.4 Å². The number of rotatable bonds is 12.